The number of carbonyl (C=O) groups is 1. The minimum atomic E-state index is 0.0913. The number of aromatic nitrogens is 1. The molecule has 5 nitrogen and oxygen atoms in total. The minimum Gasteiger partial charge on any atom is -0.376 e. The number of nitrogens with zero attached hydrogens (tertiary/aromatic N) is 4. The monoisotopic (exact) mass is 290 g/mol. The standard InChI is InChI=1S/C16H26N4O/c1-18(2)7-6-12-8-15-14(16(21)20(5)11-12)9-13(10-17-15)19(3)4/h9-10,12H,6-8,11H2,1-5H3. The van der Waals surface area contributed by atoms with E-state index in [-0.39, 0.29) is 5.91 Å². The quantitative estimate of drug-likeness (QED) is 0.839. The molecule has 116 valence electrons. The van der Waals surface area contributed by atoms with Gasteiger partial charge in [0.25, 0.3) is 5.91 Å². The van der Waals surface area contributed by atoms with Crippen molar-refractivity contribution in [2.45, 2.75) is 12.8 Å². The Morgan fingerprint density at radius 3 is 2.67 bits per heavy atom. The van der Waals surface area contributed by atoms with Crippen LogP contribution in [0.2, 0.25) is 0 Å². The molecule has 5 heteroatoms. The van der Waals surface area contributed by atoms with E-state index in [0.717, 1.165) is 42.9 Å². The highest BCUT2D eigenvalue weighted by Crippen LogP contribution is 2.24. The van der Waals surface area contributed by atoms with Gasteiger partial charge >= 0.3 is 0 Å². The number of pyridine rings is 1. The average Bonchev–Trinajstić information content (AvgIpc) is 2.54. The normalized spacial score (nSPS) is 18.7. The molecule has 21 heavy (non-hydrogen) atoms. The van der Waals surface area contributed by atoms with Crippen LogP contribution in [0.15, 0.2) is 12.3 Å². The molecular weight excluding hydrogens is 264 g/mol. The van der Waals surface area contributed by atoms with Crippen molar-refractivity contribution in [3.05, 3.63) is 23.5 Å². The van der Waals surface area contributed by atoms with Crippen LogP contribution in [0.4, 0.5) is 5.69 Å². The number of rotatable bonds is 4. The van der Waals surface area contributed by atoms with Crippen LogP contribution in [-0.4, -0.2) is 69.0 Å². The lowest BCUT2D eigenvalue weighted by Gasteiger charge is -2.21. The Kier molecular flexibility index (Phi) is 4.83. The number of carbonyl (C=O) groups excluding carboxylic acids is 1. The molecule has 0 aromatic carbocycles. The fraction of sp³-hybridized carbons (Fsp3) is 0.625. The van der Waals surface area contributed by atoms with Gasteiger partial charge < -0.3 is 14.7 Å². The molecule has 1 amide bonds. The number of anilines is 1. The van der Waals surface area contributed by atoms with E-state index in [4.69, 9.17) is 0 Å². The van der Waals surface area contributed by atoms with Crippen molar-refractivity contribution in [2.75, 3.05) is 53.2 Å². The Morgan fingerprint density at radius 2 is 2.05 bits per heavy atom. The highest BCUT2D eigenvalue weighted by atomic mass is 16.2. The summed E-state index contributed by atoms with van der Waals surface area (Å²) in [7, 11) is 9.99. The molecule has 0 radical (unpaired) electrons. The molecule has 0 spiro atoms. The van der Waals surface area contributed by atoms with E-state index in [1.54, 1.807) is 0 Å². The van der Waals surface area contributed by atoms with Crippen molar-refractivity contribution in [3.63, 3.8) is 0 Å². The lowest BCUT2D eigenvalue weighted by atomic mass is 9.98. The second-order valence-electron chi connectivity index (χ2n) is 6.43. The summed E-state index contributed by atoms with van der Waals surface area (Å²) in [5, 5.41) is 0. The molecule has 0 bridgehead atoms. The van der Waals surface area contributed by atoms with Gasteiger partial charge in [-0.15, -0.1) is 0 Å². The van der Waals surface area contributed by atoms with Crippen molar-refractivity contribution < 1.29 is 4.79 Å². The molecule has 0 saturated carbocycles. The molecule has 1 aliphatic rings. The maximum absolute atomic E-state index is 12.6. The van der Waals surface area contributed by atoms with Gasteiger partial charge in [0.2, 0.25) is 0 Å². The van der Waals surface area contributed by atoms with E-state index in [1.165, 1.54) is 0 Å². The fourth-order valence-corrected chi connectivity index (χ4v) is 2.72. The highest BCUT2D eigenvalue weighted by molar-refractivity contribution is 5.96. The van der Waals surface area contributed by atoms with Gasteiger partial charge in [-0.2, -0.15) is 0 Å². The van der Waals surface area contributed by atoms with Crippen LogP contribution >= 0.6 is 0 Å². The number of hydrogen-bond acceptors (Lipinski definition) is 4. The first-order chi connectivity index (χ1) is 9.88. The third-order valence-corrected chi connectivity index (χ3v) is 4.05. The smallest absolute Gasteiger partial charge is 0.255 e. The van der Waals surface area contributed by atoms with Gasteiger partial charge in [-0.1, -0.05) is 0 Å². The third-order valence-electron chi connectivity index (χ3n) is 4.05. The summed E-state index contributed by atoms with van der Waals surface area (Å²) in [6, 6.07) is 1.97. The van der Waals surface area contributed by atoms with Gasteiger partial charge in [0.05, 0.1) is 23.1 Å². The molecule has 2 rings (SSSR count). The average molecular weight is 290 g/mol. The van der Waals surface area contributed by atoms with Crippen molar-refractivity contribution in [2.24, 2.45) is 5.92 Å². The van der Waals surface area contributed by atoms with Crippen molar-refractivity contribution in [1.29, 1.82) is 0 Å². The zero-order valence-corrected chi connectivity index (χ0v) is 13.8. The molecule has 0 N–H and O–H groups in total. The van der Waals surface area contributed by atoms with Crippen LogP contribution in [0.25, 0.3) is 0 Å². The first-order valence-electron chi connectivity index (χ1n) is 7.45. The van der Waals surface area contributed by atoms with Crippen LogP contribution < -0.4 is 4.90 Å². The Bertz CT molecular complexity index is 513. The maximum Gasteiger partial charge on any atom is 0.255 e. The van der Waals surface area contributed by atoms with E-state index in [1.807, 2.05) is 43.2 Å². The van der Waals surface area contributed by atoms with Crippen LogP contribution in [0, 0.1) is 5.92 Å². The van der Waals surface area contributed by atoms with Gasteiger partial charge in [0.15, 0.2) is 0 Å². The maximum atomic E-state index is 12.6. The summed E-state index contributed by atoms with van der Waals surface area (Å²) in [6.45, 7) is 1.85. The molecule has 0 fully saturated rings. The first kappa shape index (κ1) is 15.8. The predicted molar refractivity (Wildman–Crippen MR) is 85.9 cm³/mol. The molecule has 1 aromatic heterocycles. The Labute approximate surface area is 127 Å². The van der Waals surface area contributed by atoms with Gasteiger partial charge in [-0.25, -0.2) is 0 Å². The number of hydrogen-bond donors (Lipinski definition) is 0. The van der Waals surface area contributed by atoms with Gasteiger partial charge in [-0.3, -0.25) is 9.78 Å². The molecular formula is C16H26N4O. The SMILES string of the molecule is CN(C)CCC1Cc2ncc(N(C)C)cc2C(=O)N(C)C1. The van der Waals surface area contributed by atoms with Gasteiger partial charge in [0.1, 0.15) is 0 Å². The summed E-state index contributed by atoms with van der Waals surface area (Å²) in [5.41, 5.74) is 2.68. The fourth-order valence-electron chi connectivity index (χ4n) is 2.72. The summed E-state index contributed by atoms with van der Waals surface area (Å²) in [5.74, 6) is 0.564. The Balaban J connectivity index is 2.26. The highest BCUT2D eigenvalue weighted by Gasteiger charge is 2.26. The third kappa shape index (κ3) is 3.73. The van der Waals surface area contributed by atoms with E-state index in [2.05, 4.69) is 24.0 Å². The van der Waals surface area contributed by atoms with Crippen LogP contribution in [0.5, 0.6) is 0 Å². The first-order valence-corrected chi connectivity index (χ1v) is 7.45. The van der Waals surface area contributed by atoms with E-state index >= 15 is 0 Å². The Hall–Kier alpha value is -1.62. The molecule has 0 saturated heterocycles. The zero-order chi connectivity index (χ0) is 15.6. The largest absolute Gasteiger partial charge is 0.376 e. The van der Waals surface area contributed by atoms with Crippen molar-refractivity contribution >= 4 is 11.6 Å². The molecule has 1 unspecified atom stereocenters. The molecule has 2 heterocycles. The zero-order valence-electron chi connectivity index (χ0n) is 13.8. The van der Waals surface area contributed by atoms with Crippen molar-refractivity contribution in [1.82, 2.24) is 14.8 Å². The molecule has 0 aliphatic carbocycles. The predicted octanol–water partition coefficient (Wildman–Crippen LogP) is 1.34. The summed E-state index contributed by atoms with van der Waals surface area (Å²) in [4.78, 5) is 23.1. The Morgan fingerprint density at radius 1 is 1.33 bits per heavy atom. The second-order valence-corrected chi connectivity index (χ2v) is 6.43. The van der Waals surface area contributed by atoms with Crippen molar-refractivity contribution in [3.8, 4) is 0 Å². The number of amides is 1. The number of fused-ring (bicyclic) bond motifs is 1. The lowest BCUT2D eigenvalue weighted by Crippen LogP contribution is -2.31. The summed E-state index contributed by atoms with van der Waals surface area (Å²) < 4.78 is 0. The van der Waals surface area contributed by atoms with Crippen LogP contribution in [0.1, 0.15) is 22.5 Å². The van der Waals surface area contributed by atoms with E-state index in [0.29, 0.717) is 5.92 Å². The summed E-state index contributed by atoms with van der Waals surface area (Å²) in [6.07, 6.45) is 3.83. The summed E-state index contributed by atoms with van der Waals surface area (Å²) >= 11 is 0. The minimum absolute atomic E-state index is 0.0913. The van der Waals surface area contributed by atoms with E-state index in [9.17, 15) is 4.79 Å². The topological polar surface area (TPSA) is 39.7 Å². The molecule has 1 aromatic rings. The molecule has 1 atom stereocenters. The van der Waals surface area contributed by atoms with Crippen LogP contribution in [0.3, 0.4) is 0 Å². The second kappa shape index (κ2) is 6.43. The van der Waals surface area contributed by atoms with E-state index < -0.39 is 0 Å². The van der Waals surface area contributed by atoms with Gasteiger partial charge in [-0.05, 0) is 45.5 Å². The lowest BCUT2D eigenvalue weighted by molar-refractivity contribution is 0.0779. The van der Waals surface area contributed by atoms with Gasteiger partial charge in [0, 0.05) is 27.7 Å². The van der Waals surface area contributed by atoms with Crippen LogP contribution in [-0.2, 0) is 6.42 Å². The molecule has 1 aliphatic heterocycles.